The minimum Gasteiger partial charge on any atom is -0.378 e. The molecule has 0 unspecified atom stereocenters. The second-order valence-corrected chi connectivity index (χ2v) is 8.57. The summed E-state index contributed by atoms with van der Waals surface area (Å²) in [5.41, 5.74) is 3.56. The van der Waals surface area contributed by atoms with Crippen molar-refractivity contribution in [2.75, 3.05) is 29.2 Å². The predicted molar refractivity (Wildman–Crippen MR) is 126 cm³/mol. The van der Waals surface area contributed by atoms with E-state index in [1.54, 1.807) is 42.5 Å². The first-order valence-electron chi connectivity index (χ1n) is 9.89. The quantitative estimate of drug-likeness (QED) is 0.473. The summed E-state index contributed by atoms with van der Waals surface area (Å²) in [5.74, 6) is -1.02. The minimum atomic E-state index is -0.385. The van der Waals surface area contributed by atoms with E-state index in [4.69, 9.17) is 0 Å². The van der Waals surface area contributed by atoms with Crippen LogP contribution in [-0.2, 0) is 0 Å². The molecule has 2 heterocycles. The molecule has 7 nitrogen and oxygen atoms in total. The van der Waals surface area contributed by atoms with Crippen molar-refractivity contribution < 1.29 is 14.4 Å². The maximum atomic E-state index is 12.7. The third-order valence-corrected chi connectivity index (χ3v) is 6.27. The first-order valence-corrected chi connectivity index (χ1v) is 10.7. The second-order valence-electron chi connectivity index (χ2n) is 7.57. The molecule has 158 valence electrons. The van der Waals surface area contributed by atoms with Crippen LogP contribution in [0.1, 0.15) is 31.1 Å². The van der Waals surface area contributed by atoms with Gasteiger partial charge in [-0.1, -0.05) is 23.5 Å². The molecule has 0 radical (unpaired) electrons. The Morgan fingerprint density at radius 2 is 1.59 bits per heavy atom. The average molecular weight is 443 g/mol. The summed E-state index contributed by atoms with van der Waals surface area (Å²) in [4.78, 5) is 45.7. The number of carbonyl (C=O) groups is 3. The van der Waals surface area contributed by atoms with Crippen LogP contribution in [0.4, 0.5) is 16.5 Å². The topological polar surface area (TPSA) is 82.6 Å². The van der Waals surface area contributed by atoms with E-state index in [2.05, 4.69) is 10.3 Å². The average Bonchev–Trinajstić information content (AvgIpc) is 3.32. The molecule has 1 aliphatic rings. The molecule has 0 bridgehead atoms. The van der Waals surface area contributed by atoms with Gasteiger partial charge in [0.2, 0.25) is 5.13 Å². The van der Waals surface area contributed by atoms with E-state index in [1.807, 2.05) is 43.3 Å². The van der Waals surface area contributed by atoms with Crippen LogP contribution < -0.4 is 15.1 Å². The Morgan fingerprint density at radius 1 is 0.938 bits per heavy atom. The maximum absolute atomic E-state index is 12.7. The molecule has 1 N–H and O–H groups in total. The highest BCUT2D eigenvalue weighted by Gasteiger charge is 2.38. The summed E-state index contributed by atoms with van der Waals surface area (Å²) in [7, 11) is 3.90. The summed E-state index contributed by atoms with van der Waals surface area (Å²) in [6.07, 6.45) is 0. The van der Waals surface area contributed by atoms with Crippen LogP contribution in [-0.4, -0.2) is 36.8 Å². The Kier molecular flexibility index (Phi) is 4.71. The lowest BCUT2D eigenvalue weighted by Crippen LogP contribution is -2.29. The largest absolute Gasteiger partial charge is 0.378 e. The van der Waals surface area contributed by atoms with Crippen molar-refractivity contribution in [1.29, 1.82) is 0 Å². The first-order chi connectivity index (χ1) is 15.4. The van der Waals surface area contributed by atoms with Crippen molar-refractivity contribution >= 4 is 55.8 Å². The van der Waals surface area contributed by atoms with Crippen LogP contribution in [0.25, 0.3) is 10.2 Å². The number of thiazole rings is 1. The van der Waals surface area contributed by atoms with E-state index in [0.29, 0.717) is 37.7 Å². The molecule has 5 rings (SSSR count). The molecule has 1 aliphatic heterocycles. The molecule has 0 saturated heterocycles. The van der Waals surface area contributed by atoms with E-state index < -0.39 is 0 Å². The van der Waals surface area contributed by atoms with Gasteiger partial charge in [0, 0.05) is 31.0 Å². The SMILES string of the molecule is CN(C)c1ccc(NC(=O)c2ccc3nc(N4C(=O)c5ccccc5C4=O)sc3c2)cc1. The lowest BCUT2D eigenvalue weighted by atomic mass is 10.1. The van der Waals surface area contributed by atoms with Crippen molar-refractivity contribution in [3.8, 4) is 0 Å². The molecule has 0 saturated carbocycles. The molecule has 3 aromatic carbocycles. The van der Waals surface area contributed by atoms with E-state index >= 15 is 0 Å². The van der Waals surface area contributed by atoms with Gasteiger partial charge in [-0.3, -0.25) is 14.4 Å². The summed E-state index contributed by atoms with van der Waals surface area (Å²) >= 11 is 1.20. The molecule has 0 aliphatic carbocycles. The van der Waals surface area contributed by atoms with Gasteiger partial charge in [-0.15, -0.1) is 0 Å². The minimum absolute atomic E-state index is 0.250. The number of aromatic nitrogens is 1. The number of benzene rings is 3. The highest BCUT2D eigenvalue weighted by atomic mass is 32.1. The van der Waals surface area contributed by atoms with Gasteiger partial charge in [0.05, 0.1) is 21.3 Å². The van der Waals surface area contributed by atoms with Crippen LogP contribution >= 0.6 is 11.3 Å². The molecular formula is C24H18N4O3S. The number of anilines is 3. The number of carbonyl (C=O) groups excluding carboxylic acids is 3. The lowest BCUT2D eigenvalue weighted by molar-refractivity contribution is 0.0925. The molecule has 8 heteroatoms. The Hall–Kier alpha value is -4.04. The van der Waals surface area contributed by atoms with E-state index in [1.165, 1.54) is 11.3 Å². The fourth-order valence-electron chi connectivity index (χ4n) is 3.56. The van der Waals surface area contributed by atoms with Crippen LogP contribution in [0.2, 0.25) is 0 Å². The zero-order valence-corrected chi connectivity index (χ0v) is 18.1. The molecular weight excluding hydrogens is 424 g/mol. The molecule has 0 atom stereocenters. The Labute approximate surface area is 187 Å². The monoisotopic (exact) mass is 442 g/mol. The molecule has 1 aromatic heterocycles. The van der Waals surface area contributed by atoms with Gasteiger partial charge in [-0.05, 0) is 54.6 Å². The first kappa shape index (κ1) is 19.9. The molecule has 32 heavy (non-hydrogen) atoms. The molecule has 0 fully saturated rings. The number of amides is 3. The predicted octanol–water partition coefficient (Wildman–Crippen LogP) is 4.42. The number of fused-ring (bicyclic) bond motifs is 2. The van der Waals surface area contributed by atoms with E-state index in [-0.39, 0.29) is 17.7 Å². The van der Waals surface area contributed by atoms with Crippen LogP contribution in [0.3, 0.4) is 0 Å². The zero-order valence-electron chi connectivity index (χ0n) is 17.3. The normalized spacial score (nSPS) is 12.9. The molecule has 3 amide bonds. The van der Waals surface area contributed by atoms with Gasteiger partial charge in [0.1, 0.15) is 0 Å². The summed E-state index contributed by atoms with van der Waals surface area (Å²) in [6, 6.07) is 19.4. The van der Waals surface area contributed by atoms with E-state index in [9.17, 15) is 14.4 Å². The lowest BCUT2D eigenvalue weighted by Gasteiger charge is -2.13. The van der Waals surface area contributed by atoms with Crippen LogP contribution in [0.5, 0.6) is 0 Å². The smallest absolute Gasteiger partial charge is 0.268 e. The number of imide groups is 1. The van der Waals surface area contributed by atoms with Gasteiger partial charge < -0.3 is 10.2 Å². The van der Waals surface area contributed by atoms with Gasteiger partial charge in [0.15, 0.2) is 0 Å². The van der Waals surface area contributed by atoms with Crippen molar-refractivity contribution in [3.05, 3.63) is 83.4 Å². The Morgan fingerprint density at radius 3 is 2.22 bits per heavy atom. The third kappa shape index (κ3) is 3.30. The molecule has 4 aromatic rings. The summed E-state index contributed by atoms with van der Waals surface area (Å²) in [6.45, 7) is 0. The number of hydrogen-bond donors (Lipinski definition) is 1. The van der Waals surface area contributed by atoms with Gasteiger partial charge in [0.25, 0.3) is 17.7 Å². The molecule has 0 spiro atoms. The zero-order chi connectivity index (χ0) is 22.4. The van der Waals surface area contributed by atoms with Crippen molar-refractivity contribution in [2.24, 2.45) is 0 Å². The highest BCUT2D eigenvalue weighted by molar-refractivity contribution is 7.22. The van der Waals surface area contributed by atoms with Crippen LogP contribution in [0.15, 0.2) is 66.7 Å². The number of nitrogens with zero attached hydrogens (tertiary/aromatic N) is 3. The highest BCUT2D eigenvalue weighted by Crippen LogP contribution is 2.34. The number of nitrogens with one attached hydrogen (secondary N) is 1. The van der Waals surface area contributed by atoms with E-state index in [0.717, 1.165) is 10.6 Å². The fraction of sp³-hybridized carbons (Fsp3) is 0.0833. The standard InChI is InChI=1S/C24H18N4O3S/c1-27(2)16-10-8-15(9-11-16)25-21(29)14-7-12-19-20(13-14)32-24(26-19)28-22(30)17-5-3-4-6-18(17)23(28)31/h3-13H,1-2H3,(H,25,29). The number of hydrogen-bond acceptors (Lipinski definition) is 6. The van der Waals surface area contributed by atoms with Crippen LogP contribution in [0, 0.1) is 0 Å². The fourth-order valence-corrected chi connectivity index (χ4v) is 4.56. The van der Waals surface area contributed by atoms with Crippen molar-refractivity contribution in [1.82, 2.24) is 4.98 Å². The Balaban J connectivity index is 1.40. The number of rotatable bonds is 4. The van der Waals surface area contributed by atoms with Gasteiger partial charge in [-0.2, -0.15) is 0 Å². The maximum Gasteiger partial charge on any atom is 0.268 e. The van der Waals surface area contributed by atoms with Crippen molar-refractivity contribution in [2.45, 2.75) is 0 Å². The third-order valence-electron chi connectivity index (χ3n) is 5.27. The van der Waals surface area contributed by atoms with Gasteiger partial charge in [-0.25, -0.2) is 9.88 Å². The summed E-state index contributed by atoms with van der Waals surface area (Å²) < 4.78 is 0.715. The second kappa shape index (κ2) is 7.58. The van der Waals surface area contributed by atoms with Gasteiger partial charge >= 0.3 is 0 Å². The Bertz CT molecular complexity index is 1360. The summed E-state index contributed by atoms with van der Waals surface area (Å²) in [5, 5.41) is 3.18. The van der Waals surface area contributed by atoms with Crippen molar-refractivity contribution in [3.63, 3.8) is 0 Å².